The summed E-state index contributed by atoms with van der Waals surface area (Å²) in [6.07, 6.45) is 0.885. The van der Waals surface area contributed by atoms with E-state index in [1.165, 1.54) is 0 Å². The lowest BCUT2D eigenvalue weighted by Crippen LogP contribution is -2.40. The molecule has 0 aliphatic rings. The molecule has 0 radical (unpaired) electrons. The highest BCUT2D eigenvalue weighted by atomic mass is 32.1. The number of carbonyl (C=O) groups is 1. The van der Waals surface area contributed by atoms with Gasteiger partial charge in [-0.15, -0.1) is 11.3 Å². The van der Waals surface area contributed by atoms with Crippen molar-refractivity contribution in [3.63, 3.8) is 0 Å². The maximum absolute atomic E-state index is 11.5. The number of nitrogens with zero attached hydrogens (tertiary/aromatic N) is 2. The lowest BCUT2D eigenvalue weighted by molar-refractivity contribution is 0.235. The maximum Gasteiger partial charge on any atom is 0.315 e. The zero-order valence-corrected chi connectivity index (χ0v) is 11.7. The van der Waals surface area contributed by atoms with Gasteiger partial charge in [-0.2, -0.15) is 4.98 Å². The van der Waals surface area contributed by atoms with Crippen molar-refractivity contribution in [3.05, 3.63) is 23.4 Å². The van der Waals surface area contributed by atoms with E-state index in [0.717, 1.165) is 11.3 Å². The first-order valence-electron chi connectivity index (χ1n) is 6.10. The Morgan fingerprint density at radius 2 is 2.42 bits per heavy atom. The van der Waals surface area contributed by atoms with E-state index in [0.29, 0.717) is 11.7 Å². The number of hydrogen-bond donors (Lipinski definition) is 2. The van der Waals surface area contributed by atoms with Gasteiger partial charge in [0, 0.05) is 6.04 Å². The molecular weight excluding hydrogens is 264 g/mol. The Bertz CT molecular complexity index is 524. The number of thiophene rings is 1. The third-order valence-corrected chi connectivity index (χ3v) is 3.47. The van der Waals surface area contributed by atoms with Gasteiger partial charge in [-0.05, 0) is 24.8 Å². The standard InChI is InChI=1S/C12H16N4O2S/c1-3-8(2)14-12(17)13-7-10-15-11(16-18-10)9-5-4-6-19-9/h4-6,8H,3,7H2,1-2H3,(H2,13,14,17). The molecule has 0 saturated heterocycles. The van der Waals surface area contributed by atoms with Crippen molar-refractivity contribution in [2.45, 2.75) is 32.9 Å². The molecule has 0 aliphatic heterocycles. The van der Waals surface area contributed by atoms with Crippen molar-refractivity contribution in [1.82, 2.24) is 20.8 Å². The Labute approximate surface area is 115 Å². The van der Waals surface area contributed by atoms with E-state index in [1.807, 2.05) is 31.4 Å². The van der Waals surface area contributed by atoms with Crippen LogP contribution in [0.1, 0.15) is 26.2 Å². The molecule has 2 amide bonds. The van der Waals surface area contributed by atoms with E-state index in [9.17, 15) is 4.79 Å². The van der Waals surface area contributed by atoms with Crippen LogP contribution in [0.2, 0.25) is 0 Å². The molecule has 7 heteroatoms. The van der Waals surface area contributed by atoms with Crippen LogP contribution in [0.25, 0.3) is 10.7 Å². The molecular formula is C12H16N4O2S. The summed E-state index contributed by atoms with van der Waals surface area (Å²) in [5.41, 5.74) is 0. The number of nitrogens with one attached hydrogen (secondary N) is 2. The van der Waals surface area contributed by atoms with Crippen molar-refractivity contribution in [2.75, 3.05) is 0 Å². The summed E-state index contributed by atoms with van der Waals surface area (Å²) in [5.74, 6) is 0.942. The minimum Gasteiger partial charge on any atom is -0.337 e. The van der Waals surface area contributed by atoms with Crippen molar-refractivity contribution in [2.24, 2.45) is 0 Å². The van der Waals surface area contributed by atoms with Gasteiger partial charge in [0.2, 0.25) is 11.7 Å². The molecule has 2 aromatic rings. The van der Waals surface area contributed by atoms with Crippen LogP contribution in [-0.4, -0.2) is 22.2 Å². The molecule has 19 heavy (non-hydrogen) atoms. The predicted octanol–water partition coefficient (Wildman–Crippen LogP) is 2.40. The van der Waals surface area contributed by atoms with Crippen LogP contribution in [-0.2, 0) is 6.54 Å². The van der Waals surface area contributed by atoms with E-state index in [-0.39, 0.29) is 18.6 Å². The molecule has 2 rings (SSSR count). The number of hydrogen-bond acceptors (Lipinski definition) is 5. The maximum atomic E-state index is 11.5. The SMILES string of the molecule is CCC(C)NC(=O)NCc1nc(-c2cccs2)no1. The Kier molecular flexibility index (Phi) is 4.51. The smallest absolute Gasteiger partial charge is 0.315 e. The van der Waals surface area contributed by atoms with Gasteiger partial charge in [0.15, 0.2) is 0 Å². The van der Waals surface area contributed by atoms with Crippen LogP contribution in [0.4, 0.5) is 4.79 Å². The summed E-state index contributed by atoms with van der Waals surface area (Å²) >= 11 is 1.54. The van der Waals surface area contributed by atoms with Crippen molar-refractivity contribution < 1.29 is 9.32 Å². The Morgan fingerprint density at radius 3 is 3.11 bits per heavy atom. The summed E-state index contributed by atoms with van der Waals surface area (Å²) in [5, 5.41) is 11.3. The zero-order chi connectivity index (χ0) is 13.7. The van der Waals surface area contributed by atoms with Crippen LogP contribution in [0, 0.1) is 0 Å². The van der Waals surface area contributed by atoms with Gasteiger partial charge in [-0.3, -0.25) is 0 Å². The highest BCUT2D eigenvalue weighted by Crippen LogP contribution is 2.20. The van der Waals surface area contributed by atoms with E-state index < -0.39 is 0 Å². The van der Waals surface area contributed by atoms with Crippen LogP contribution in [0.3, 0.4) is 0 Å². The molecule has 0 aromatic carbocycles. The lowest BCUT2D eigenvalue weighted by atomic mass is 10.3. The first kappa shape index (κ1) is 13.5. The molecule has 0 fully saturated rings. The van der Waals surface area contributed by atoms with E-state index in [4.69, 9.17) is 4.52 Å². The summed E-state index contributed by atoms with van der Waals surface area (Å²) < 4.78 is 5.07. The second-order valence-corrected chi connectivity index (χ2v) is 5.07. The minimum absolute atomic E-state index is 0.143. The molecule has 0 bridgehead atoms. The zero-order valence-electron chi connectivity index (χ0n) is 10.8. The first-order valence-corrected chi connectivity index (χ1v) is 6.97. The Hall–Kier alpha value is -1.89. The van der Waals surface area contributed by atoms with Crippen molar-refractivity contribution in [3.8, 4) is 10.7 Å². The van der Waals surface area contributed by atoms with Gasteiger partial charge < -0.3 is 15.2 Å². The van der Waals surface area contributed by atoms with Crippen LogP contribution < -0.4 is 10.6 Å². The number of amides is 2. The Balaban J connectivity index is 1.85. The molecule has 2 N–H and O–H groups in total. The second-order valence-electron chi connectivity index (χ2n) is 4.13. The molecule has 0 aliphatic carbocycles. The molecule has 102 valence electrons. The van der Waals surface area contributed by atoms with Crippen molar-refractivity contribution >= 4 is 17.4 Å². The van der Waals surface area contributed by atoms with E-state index >= 15 is 0 Å². The van der Waals surface area contributed by atoms with Gasteiger partial charge in [-0.1, -0.05) is 18.1 Å². The number of carbonyl (C=O) groups excluding carboxylic acids is 1. The number of rotatable bonds is 5. The second kappa shape index (κ2) is 6.33. The molecule has 1 atom stereocenters. The van der Waals surface area contributed by atoms with Gasteiger partial charge in [0.25, 0.3) is 0 Å². The van der Waals surface area contributed by atoms with E-state index in [1.54, 1.807) is 11.3 Å². The fourth-order valence-corrected chi connectivity index (χ4v) is 2.01. The predicted molar refractivity (Wildman–Crippen MR) is 72.7 cm³/mol. The molecule has 2 heterocycles. The summed E-state index contributed by atoms with van der Waals surface area (Å²) in [7, 11) is 0. The Morgan fingerprint density at radius 1 is 1.58 bits per heavy atom. The molecule has 0 spiro atoms. The van der Waals surface area contributed by atoms with Gasteiger partial charge >= 0.3 is 6.03 Å². The fourth-order valence-electron chi connectivity index (χ4n) is 1.37. The van der Waals surface area contributed by atoms with Gasteiger partial charge in [0.05, 0.1) is 11.4 Å². The highest BCUT2D eigenvalue weighted by molar-refractivity contribution is 7.13. The quantitative estimate of drug-likeness (QED) is 0.881. The van der Waals surface area contributed by atoms with Crippen molar-refractivity contribution in [1.29, 1.82) is 0 Å². The average Bonchev–Trinajstić information content (AvgIpc) is 3.06. The normalized spacial score (nSPS) is 12.1. The fraction of sp³-hybridized carbons (Fsp3) is 0.417. The minimum atomic E-state index is -0.231. The van der Waals surface area contributed by atoms with Crippen LogP contribution in [0.15, 0.2) is 22.0 Å². The third kappa shape index (κ3) is 3.78. The topological polar surface area (TPSA) is 80.0 Å². The van der Waals surface area contributed by atoms with Crippen LogP contribution >= 0.6 is 11.3 Å². The molecule has 2 aromatic heterocycles. The molecule has 0 saturated carbocycles. The van der Waals surface area contributed by atoms with Gasteiger partial charge in [0.1, 0.15) is 0 Å². The summed E-state index contributed by atoms with van der Waals surface area (Å²) in [6.45, 7) is 4.18. The third-order valence-electron chi connectivity index (χ3n) is 2.60. The van der Waals surface area contributed by atoms with Gasteiger partial charge in [-0.25, -0.2) is 4.79 Å². The molecule has 6 nitrogen and oxygen atoms in total. The largest absolute Gasteiger partial charge is 0.337 e. The summed E-state index contributed by atoms with van der Waals surface area (Å²) in [4.78, 5) is 16.7. The number of aromatic nitrogens is 2. The van der Waals surface area contributed by atoms with Crippen LogP contribution in [0.5, 0.6) is 0 Å². The summed E-state index contributed by atoms with van der Waals surface area (Å²) in [6, 6.07) is 3.76. The molecule has 1 unspecified atom stereocenters. The highest BCUT2D eigenvalue weighted by Gasteiger charge is 2.11. The average molecular weight is 280 g/mol. The monoisotopic (exact) mass is 280 g/mol. The first-order chi connectivity index (χ1) is 9.19. The number of urea groups is 1. The van der Waals surface area contributed by atoms with E-state index in [2.05, 4.69) is 20.8 Å². The lowest BCUT2D eigenvalue weighted by Gasteiger charge is -2.11.